The van der Waals surface area contributed by atoms with Gasteiger partial charge in [0, 0.05) is 47.0 Å². The van der Waals surface area contributed by atoms with Crippen molar-refractivity contribution in [2.45, 2.75) is 49.4 Å². The number of nitrogen functional groups attached to an aromatic ring is 1. The van der Waals surface area contributed by atoms with Crippen LogP contribution in [0.2, 0.25) is 0 Å². The molecule has 2 fully saturated rings. The minimum atomic E-state index is -0.880. The van der Waals surface area contributed by atoms with Crippen molar-refractivity contribution in [3.63, 3.8) is 0 Å². The fraction of sp³-hybridized carbons (Fsp3) is 0.321. The molecule has 3 aromatic heterocycles. The van der Waals surface area contributed by atoms with Crippen molar-refractivity contribution in [1.82, 2.24) is 30.2 Å². The Balaban J connectivity index is 1.51. The van der Waals surface area contributed by atoms with Gasteiger partial charge in [0.15, 0.2) is 0 Å². The minimum absolute atomic E-state index is 0.240. The molecule has 0 spiro atoms. The van der Waals surface area contributed by atoms with Crippen LogP contribution in [0.25, 0.3) is 33.1 Å². The van der Waals surface area contributed by atoms with Crippen LogP contribution < -0.4 is 22.1 Å². The van der Waals surface area contributed by atoms with E-state index in [4.69, 9.17) is 22.9 Å². The summed E-state index contributed by atoms with van der Waals surface area (Å²) in [6.07, 6.45) is 14.5. The van der Waals surface area contributed by atoms with Crippen molar-refractivity contribution in [1.29, 1.82) is 0 Å². The van der Waals surface area contributed by atoms with Crippen LogP contribution in [0.4, 0.5) is 5.82 Å². The number of nitrogens with one attached hydrogen (secondary N) is 2. The molecule has 37 heavy (non-hydrogen) atoms. The molecule has 1 atom stereocenters. The molecule has 9 nitrogen and oxygen atoms in total. The van der Waals surface area contributed by atoms with Gasteiger partial charge in [0.1, 0.15) is 29.7 Å². The molecule has 2 aliphatic rings. The Labute approximate surface area is 215 Å². The number of nitrogens with two attached hydrogens (primary N) is 2. The van der Waals surface area contributed by atoms with Crippen molar-refractivity contribution in [2.75, 3.05) is 12.8 Å². The van der Waals surface area contributed by atoms with E-state index in [1.54, 1.807) is 7.05 Å². The summed E-state index contributed by atoms with van der Waals surface area (Å²) in [5.74, 6) is 3.37. The number of anilines is 1. The van der Waals surface area contributed by atoms with Crippen LogP contribution >= 0.6 is 0 Å². The van der Waals surface area contributed by atoms with Gasteiger partial charge >= 0.3 is 0 Å². The SMILES string of the molecule is C#Cc1c(-c2cnc3ccccc3c2)c2c(N)ncnc2n1C12CCC(NC(O)/C(=C/N)NC)(CC1)C2. The molecular weight excluding hydrogens is 464 g/mol. The number of pyridine rings is 1. The Hall–Kier alpha value is -4.13. The lowest BCUT2D eigenvalue weighted by Crippen LogP contribution is -2.49. The lowest BCUT2D eigenvalue weighted by atomic mass is 9.90. The van der Waals surface area contributed by atoms with E-state index >= 15 is 0 Å². The fourth-order valence-electron chi connectivity index (χ4n) is 6.58. The van der Waals surface area contributed by atoms with Gasteiger partial charge in [-0.2, -0.15) is 0 Å². The number of aliphatic hydroxyl groups excluding tert-OH is 1. The third kappa shape index (κ3) is 3.44. The molecule has 188 valence electrons. The van der Waals surface area contributed by atoms with Crippen LogP contribution in [0.15, 0.2) is 54.8 Å². The van der Waals surface area contributed by atoms with Crippen molar-refractivity contribution in [3.8, 4) is 23.5 Å². The van der Waals surface area contributed by atoms with Gasteiger partial charge in [-0.1, -0.05) is 24.1 Å². The Bertz CT molecular complexity index is 1590. The first kappa shape index (κ1) is 23.3. The highest BCUT2D eigenvalue weighted by Crippen LogP contribution is 2.57. The fourth-order valence-corrected chi connectivity index (χ4v) is 6.58. The highest BCUT2D eigenvalue weighted by atomic mass is 16.3. The van der Waals surface area contributed by atoms with Crippen LogP contribution in [0.3, 0.4) is 0 Å². The second-order valence-electron chi connectivity index (χ2n) is 10.2. The number of hydrogen-bond donors (Lipinski definition) is 5. The molecule has 6 rings (SSSR count). The zero-order valence-corrected chi connectivity index (χ0v) is 20.7. The second kappa shape index (κ2) is 8.47. The smallest absolute Gasteiger partial charge is 0.147 e. The largest absolute Gasteiger partial charge is 0.403 e. The molecule has 0 saturated heterocycles. The molecule has 4 aromatic rings. The number of hydrogen-bond acceptors (Lipinski definition) is 8. The predicted octanol–water partition coefficient (Wildman–Crippen LogP) is 2.55. The highest BCUT2D eigenvalue weighted by molar-refractivity contribution is 6.04. The van der Waals surface area contributed by atoms with Gasteiger partial charge in [0.05, 0.1) is 16.6 Å². The number of terminal acetylenes is 1. The number of likely N-dealkylation sites (N-methyl/N-ethyl adjacent to an activating group) is 1. The third-order valence-corrected chi connectivity index (χ3v) is 8.28. The first-order valence-corrected chi connectivity index (χ1v) is 12.5. The maximum absolute atomic E-state index is 10.8. The Morgan fingerprint density at radius 1 is 1.22 bits per heavy atom. The number of fused-ring (bicyclic) bond motifs is 4. The summed E-state index contributed by atoms with van der Waals surface area (Å²) < 4.78 is 2.21. The molecule has 0 aliphatic heterocycles. The van der Waals surface area contributed by atoms with Gasteiger partial charge in [-0.05, 0) is 44.2 Å². The normalized spacial score (nSPS) is 24.0. The third-order valence-electron chi connectivity index (χ3n) is 8.28. The zero-order chi connectivity index (χ0) is 25.8. The average Bonchev–Trinajstić information content (AvgIpc) is 3.57. The number of benzene rings is 1. The second-order valence-corrected chi connectivity index (χ2v) is 10.2. The van der Waals surface area contributed by atoms with Crippen LogP contribution in [-0.4, -0.2) is 43.4 Å². The number of rotatable bonds is 6. The van der Waals surface area contributed by atoms with Crippen LogP contribution in [0.1, 0.15) is 37.8 Å². The zero-order valence-electron chi connectivity index (χ0n) is 20.7. The van der Waals surface area contributed by atoms with E-state index in [9.17, 15) is 5.11 Å². The number of para-hydroxylation sites is 1. The van der Waals surface area contributed by atoms with Crippen molar-refractivity contribution < 1.29 is 5.11 Å². The van der Waals surface area contributed by atoms with E-state index < -0.39 is 6.23 Å². The molecule has 7 N–H and O–H groups in total. The lowest BCUT2D eigenvalue weighted by Gasteiger charge is -2.32. The maximum atomic E-state index is 10.8. The van der Waals surface area contributed by atoms with Crippen molar-refractivity contribution >= 4 is 27.8 Å². The lowest BCUT2D eigenvalue weighted by molar-refractivity contribution is 0.116. The van der Waals surface area contributed by atoms with Gasteiger partial charge in [0.25, 0.3) is 0 Å². The van der Waals surface area contributed by atoms with E-state index in [0.29, 0.717) is 11.5 Å². The Morgan fingerprint density at radius 2 is 2.00 bits per heavy atom. The molecular formula is C28H30N8O. The van der Waals surface area contributed by atoms with E-state index in [1.807, 2.05) is 30.5 Å². The van der Waals surface area contributed by atoms with E-state index in [2.05, 4.69) is 37.2 Å². The average molecular weight is 495 g/mol. The molecule has 2 bridgehead atoms. The van der Waals surface area contributed by atoms with E-state index in [-0.39, 0.29) is 11.1 Å². The topological polar surface area (TPSA) is 140 Å². The van der Waals surface area contributed by atoms with Crippen LogP contribution in [0.5, 0.6) is 0 Å². The first-order valence-electron chi connectivity index (χ1n) is 12.5. The Morgan fingerprint density at radius 3 is 2.73 bits per heavy atom. The summed E-state index contributed by atoms with van der Waals surface area (Å²) in [6.45, 7) is 0. The minimum Gasteiger partial charge on any atom is -0.403 e. The molecule has 3 heterocycles. The number of aromatic nitrogens is 4. The summed E-state index contributed by atoms with van der Waals surface area (Å²) in [5.41, 5.74) is 16.3. The quantitative estimate of drug-likeness (QED) is 0.204. The molecule has 1 unspecified atom stereocenters. The molecule has 9 heteroatoms. The molecule has 1 aromatic carbocycles. The van der Waals surface area contributed by atoms with Crippen LogP contribution in [0, 0.1) is 12.3 Å². The summed E-state index contributed by atoms with van der Waals surface area (Å²) >= 11 is 0. The number of nitrogens with zero attached hydrogens (tertiary/aromatic N) is 4. The van der Waals surface area contributed by atoms with E-state index in [0.717, 1.165) is 70.9 Å². The molecule has 0 radical (unpaired) electrons. The standard InChI is InChI=1S/C28H30N8O/c1-3-21-22(18-12-17-6-4-5-7-19(17)32-14-18)23-24(30)33-16-34-25(23)36(21)28-10-8-27(15-28,9-11-28)35-26(37)20(13-29)31-2/h1,4-7,12-14,16,26,31,35,37H,8-11,15,29H2,2H3,(H2,30,33,34)/b20-13-. The van der Waals surface area contributed by atoms with Crippen LogP contribution in [-0.2, 0) is 5.54 Å². The van der Waals surface area contributed by atoms with Crippen molar-refractivity contribution in [2.24, 2.45) is 5.73 Å². The molecule has 2 saturated carbocycles. The molecule has 0 amide bonds. The molecule has 2 aliphatic carbocycles. The Kier molecular flexibility index (Phi) is 5.33. The van der Waals surface area contributed by atoms with Gasteiger partial charge in [-0.3, -0.25) is 10.3 Å². The summed E-state index contributed by atoms with van der Waals surface area (Å²) in [4.78, 5) is 13.7. The highest BCUT2D eigenvalue weighted by Gasteiger charge is 2.57. The summed E-state index contributed by atoms with van der Waals surface area (Å²) in [7, 11) is 1.74. The first-order chi connectivity index (χ1) is 17.9. The van der Waals surface area contributed by atoms with Crippen molar-refractivity contribution in [3.05, 3.63) is 60.4 Å². The predicted molar refractivity (Wildman–Crippen MR) is 145 cm³/mol. The van der Waals surface area contributed by atoms with E-state index in [1.165, 1.54) is 12.5 Å². The maximum Gasteiger partial charge on any atom is 0.147 e. The van der Waals surface area contributed by atoms with Gasteiger partial charge in [-0.15, -0.1) is 6.42 Å². The van der Waals surface area contributed by atoms with Gasteiger partial charge in [-0.25, -0.2) is 9.97 Å². The van der Waals surface area contributed by atoms with Gasteiger partial charge < -0.3 is 26.5 Å². The van der Waals surface area contributed by atoms with Gasteiger partial charge in [0.2, 0.25) is 0 Å². The summed E-state index contributed by atoms with van der Waals surface area (Å²) in [6, 6.07) is 10.1. The summed E-state index contributed by atoms with van der Waals surface area (Å²) in [5, 5.41) is 19.0. The monoisotopic (exact) mass is 494 g/mol. The number of aliphatic hydroxyl groups is 1.